The minimum atomic E-state index is 1.27. The van der Waals surface area contributed by atoms with Crippen LogP contribution in [0.25, 0.3) is 0 Å². The lowest BCUT2D eigenvalue weighted by Gasteiger charge is -2.02. The van der Waals surface area contributed by atoms with E-state index in [2.05, 4.69) is 24.3 Å². The van der Waals surface area contributed by atoms with Crippen LogP contribution in [0, 0.1) is 0 Å². The van der Waals surface area contributed by atoms with Crippen LogP contribution in [-0.2, 0) is 0 Å². The van der Waals surface area contributed by atoms with Crippen LogP contribution in [0.5, 0.6) is 0 Å². The molecule has 0 saturated carbocycles. The molecule has 110 valence electrons. The Morgan fingerprint density at radius 3 is 0.895 bits per heavy atom. The summed E-state index contributed by atoms with van der Waals surface area (Å²) < 4.78 is 0. The monoisotopic (exact) mass is 262 g/mol. The summed E-state index contributed by atoms with van der Waals surface area (Å²) in [4.78, 5) is 0. The Morgan fingerprint density at radius 2 is 0.579 bits per heavy atom. The summed E-state index contributed by atoms with van der Waals surface area (Å²) in [5, 5.41) is 0. The highest BCUT2D eigenvalue weighted by Crippen LogP contribution is 2.13. The summed E-state index contributed by atoms with van der Waals surface area (Å²) >= 11 is 0. The van der Waals surface area contributed by atoms with Crippen LogP contribution >= 0.6 is 0 Å². The smallest absolute Gasteiger partial charge is 0.0348 e. The first-order chi connectivity index (χ1) is 9.50. The Morgan fingerprint density at radius 1 is 0.316 bits per heavy atom. The normalized spacial score (nSPS) is 22.3. The maximum Gasteiger partial charge on any atom is -0.0348 e. The van der Waals surface area contributed by atoms with E-state index in [9.17, 15) is 0 Å². The van der Waals surface area contributed by atoms with Crippen LogP contribution in [0.1, 0.15) is 96.3 Å². The minimum absolute atomic E-state index is 1.27. The van der Waals surface area contributed by atoms with Gasteiger partial charge in [-0.2, -0.15) is 0 Å². The molecule has 0 aromatic rings. The van der Waals surface area contributed by atoms with E-state index >= 15 is 0 Å². The van der Waals surface area contributed by atoms with Crippen molar-refractivity contribution < 1.29 is 0 Å². The molecule has 0 radical (unpaired) electrons. The van der Waals surface area contributed by atoms with Crippen LogP contribution in [0.3, 0.4) is 0 Å². The Labute approximate surface area is 121 Å². The number of rotatable bonds is 0. The van der Waals surface area contributed by atoms with Crippen molar-refractivity contribution in [1.82, 2.24) is 0 Å². The standard InChI is InChI=1S/C19H34/c1-2-4-6-8-10-12-14-16-18-19-17-15-13-11-9-7-5-3-1/h1-4H,5-19H2. The molecule has 1 aliphatic rings. The molecule has 0 aliphatic heterocycles. The summed E-state index contributed by atoms with van der Waals surface area (Å²) in [5.74, 6) is 0. The largest absolute Gasteiger partial charge is 0.0845 e. The third kappa shape index (κ3) is 12.3. The minimum Gasteiger partial charge on any atom is -0.0845 e. The van der Waals surface area contributed by atoms with Gasteiger partial charge in [0.1, 0.15) is 0 Å². The van der Waals surface area contributed by atoms with Crippen molar-refractivity contribution in [2.45, 2.75) is 96.3 Å². The SMILES string of the molecule is C1=CCCCCCCCCCCCCCCCC=C1. The van der Waals surface area contributed by atoms with Gasteiger partial charge in [0, 0.05) is 0 Å². The lowest BCUT2D eigenvalue weighted by Crippen LogP contribution is -1.83. The molecule has 0 spiro atoms. The molecular weight excluding hydrogens is 228 g/mol. The Kier molecular flexibility index (Phi) is 12.1. The van der Waals surface area contributed by atoms with Crippen molar-refractivity contribution in [3.05, 3.63) is 24.3 Å². The zero-order valence-corrected chi connectivity index (χ0v) is 12.9. The average molecular weight is 262 g/mol. The van der Waals surface area contributed by atoms with Crippen LogP contribution in [0.15, 0.2) is 24.3 Å². The van der Waals surface area contributed by atoms with Crippen molar-refractivity contribution >= 4 is 0 Å². The lowest BCUT2D eigenvalue weighted by molar-refractivity contribution is 0.538. The highest BCUT2D eigenvalue weighted by atomic mass is 14.0. The summed E-state index contributed by atoms with van der Waals surface area (Å²) in [6.45, 7) is 0. The second-order valence-corrected chi connectivity index (χ2v) is 6.03. The predicted molar refractivity (Wildman–Crippen MR) is 87.5 cm³/mol. The Bertz CT molecular complexity index is 200. The summed E-state index contributed by atoms with van der Waals surface area (Å²) in [5.41, 5.74) is 0. The summed E-state index contributed by atoms with van der Waals surface area (Å²) in [7, 11) is 0. The second-order valence-electron chi connectivity index (χ2n) is 6.03. The molecule has 0 aromatic heterocycles. The molecule has 19 heavy (non-hydrogen) atoms. The van der Waals surface area contributed by atoms with E-state index in [4.69, 9.17) is 0 Å². The fourth-order valence-corrected chi connectivity index (χ4v) is 2.82. The van der Waals surface area contributed by atoms with Crippen molar-refractivity contribution in [2.24, 2.45) is 0 Å². The molecule has 1 rings (SSSR count). The van der Waals surface area contributed by atoms with E-state index in [1.54, 1.807) is 0 Å². The van der Waals surface area contributed by atoms with Gasteiger partial charge in [0.2, 0.25) is 0 Å². The quantitative estimate of drug-likeness (QED) is 0.442. The molecule has 1 aliphatic carbocycles. The van der Waals surface area contributed by atoms with Crippen molar-refractivity contribution in [2.75, 3.05) is 0 Å². The fourth-order valence-electron chi connectivity index (χ4n) is 2.82. The molecule has 0 fully saturated rings. The molecule has 0 bridgehead atoms. The first-order valence-corrected chi connectivity index (χ1v) is 8.82. The van der Waals surface area contributed by atoms with Gasteiger partial charge in [-0.1, -0.05) is 94.9 Å². The number of hydrogen-bond acceptors (Lipinski definition) is 0. The van der Waals surface area contributed by atoms with Gasteiger partial charge in [-0.25, -0.2) is 0 Å². The molecule has 0 amide bonds. The van der Waals surface area contributed by atoms with Crippen molar-refractivity contribution in [3.63, 3.8) is 0 Å². The Hall–Kier alpha value is -0.520. The molecule has 0 unspecified atom stereocenters. The van der Waals surface area contributed by atoms with Crippen LogP contribution < -0.4 is 0 Å². The number of allylic oxidation sites excluding steroid dienone is 4. The van der Waals surface area contributed by atoms with Gasteiger partial charge in [-0.15, -0.1) is 0 Å². The van der Waals surface area contributed by atoms with Gasteiger partial charge in [-0.3, -0.25) is 0 Å². The molecule has 0 nitrogen and oxygen atoms in total. The first kappa shape index (κ1) is 16.5. The molecule has 0 heterocycles. The average Bonchev–Trinajstić information content (AvgIpc) is 2.43. The van der Waals surface area contributed by atoms with E-state index in [0.29, 0.717) is 0 Å². The zero-order chi connectivity index (χ0) is 13.4. The highest BCUT2D eigenvalue weighted by molar-refractivity contribution is 5.02. The van der Waals surface area contributed by atoms with E-state index in [0.717, 1.165) is 0 Å². The van der Waals surface area contributed by atoms with Gasteiger partial charge in [0.25, 0.3) is 0 Å². The molecule has 0 saturated heterocycles. The Balaban J connectivity index is 2.12. The van der Waals surface area contributed by atoms with E-state index in [1.807, 2.05) is 0 Å². The molecular formula is C19H34. The second kappa shape index (κ2) is 13.9. The zero-order valence-electron chi connectivity index (χ0n) is 12.9. The molecule has 0 atom stereocenters. The lowest BCUT2D eigenvalue weighted by atomic mass is 10.0. The van der Waals surface area contributed by atoms with Crippen LogP contribution in [-0.4, -0.2) is 0 Å². The van der Waals surface area contributed by atoms with E-state index < -0.39 is 0 Å². The number of hydrogen-bond donors (Lipinski definition) is 0. The van der Waals surface area contributed by atoms with Crippen molar-refractivity contribution in [3.8, 4) is 0 Å². The third-order valence-corrected chi connectivity index (χ3v) is 4.12. The first-order valence-electron chi connectivity index (χ1n) is 8.82. The van der Waals surface area contributed by atoms with Gasteiger partial charge in [0.05, 0.1) is 0 Å². The molecule has 0 aromatic carbocycles. The maximum absolute atomic E-state index is 2.34. The fraction of sp³-hybridized carbons (Fsp3) is 0.789. The van der Waals surface area contributed by atoms with Gasteiger partial charge >= 0.3 is 0 Å². The van der Waals surface area contributed by atoms with Gasteiger partial charge < -0.3 is 0 Å². The van der Waals surface area contributed by atoms with Crippen molar-refractivity contribution in [1.29, 1.82) is 0 Å². The topological polar surface area (TPSA) is 0 Å². The highest BCUT2D eigenvalue weighted by Gasteiger charge is 1.94. The maximum atomic E-state index is 2.34. The third-order valence-electron chi connectivity index (χ3n) is 4.12. The van der Waals surface area contributed by atoms with Crippen LogP contribution in [0.2, 0.25) is 0 Å². The molecule has 0 N–H and O–H groups in total. The van der Waals surface area contributed by atoms with Gasteiger partial charge in [-0.05, 0) is 25.7 Å². The van der Waals surface area contributed by atoms with E-state index in [1.165, 1.54) is 96.3 Å². The summed E-state index contributed by atoms with van der Waals surface area (Å²) in [6, 6.07) is 0. The molecule has 0 heteroatoms. The van der Waals surface area contributed by atoms with E-state index in [-0.39, 0.29) is 0 Å². The van der Waals surface area contributed by atoms with Gasteiger partial charge in [0.15, 0.2) is 0 Å². The predicted octanol–water partition coefficient (Wildman–Crippen LogP) is 6.96. The summed E-state index contributed by atoms with van der Waals surface area (Å²) in [6.07, 6.45) is 30.5. The van der Waals surface area contributed by atoms with Crippen LogP contribution in [0.4, 0.5) is 0 Å².